The van der Waals surface area contributed by atoms with E-state index < -0.39 is 32.7 Å². The summed E-state index contributed by atoms with van der Waals surface area (Å²) in [5.74, 6) is -0.288. The zero-order valence-electron chi connectivity index (χ0n) is 27.8. The average molecular weight is 703 g/mol. The van der Waals surface area contributed by atoms with Gasteiger partial charge in [0, 0.05) is 14.1 Å². The predicted molar refractivity (Wildman–Crippen MR) is 182 cm³/mol. The minimum atomic E-state index is -4.32. The lowest BCUT2D eigenvalue weighted by Crippen LogP contribution is -2.59. The van der Waals surface area contributed by atoms with E-state index in [0.29, 0.717) is 51.2 Å². The van der Waals surface area contributed by atoms with Crippen LogP contribution in [0.15, 0.2) is 73.1 Å². The Labute approximate surface area is 281 Å². The maximum absolute atomic E-state index is 12.7. The summed E-state index contributed by atoms with van der Waals surface area (Å²) in [6.45, 7) is -0.426. The smallest absolute Gasteiger partial charge is 0.300 e. The van der Waals surface area contributed by atoms with Crippen molar-refractivity contribution in [2.75, 3.05) is 71.4 Å². The molecule has 0 spiro atoms. The largest absolute Gasteiger partial charge is 0.496 e. The van der Waals surface area contributed by atoms with E-state index in [2.05, 4.69) is 9.97 Å². The maximum Gasteiger partial charge on any atom is 0.300 e. The summed E-state index contributed by atoms with van der Waals surface area (Å²) in [6.07, 6.45) is 4.55. The standard InChI is InChI=1S/C32H38N4O10S2/c1-35(22-15-17-24(33-19-22)30-26(41-3)11-9-12-27(30)42-4)21-32(45-47(7,37)38,46-48(8,39)40)36(2)23-16-18-25(34-20-23)31-28(43-5)13-10-14-29(31)44-6/h9-20H,21H2,1-8H3. The van der Waals surface area contributed by atoms with Gasteiger partial charge in [0.15, 0.2) is 0 Å². The highest BCUT2D eigenvalue weighted by Crippen LogP contribution is 2.39. The number of ether oxygens (including phenoxy) is 4. The van der Waals surface area contributed by atoms with Gasteiger partial charge in [-0.2, -0.15) is 16.8 Å². The second-order valence-electron chi connectivity index (χ2n) is 10.6. The summed E-state index contributed by atoms with van der Waals surface area (Å²) in [5, 5.41) is 0. The summed E-state index contributed by atoms with van der Waals surface area (Å²) in [5.41, 5.74) is 3.00. The zero-order valence-corrected chi connectivity index (χ0v) is 29.5. The third-order valence-corrected chi connectivity index (χ3v) is 8.33. The van der Waals surface area contributed by atoms with Crippen molar-refractivity contribution in [2.45, 2.75) is 5.91 Å². The monoisotopic (exact) mass is 702 g/mol. The first kappa shape index (κ1) is 36.2. The third-order valence-electron chi connectivity index (χ3n) is 7.20. The first-order valence-electron chi connectivity index (χ1n) is 14.3. The number of rotatable bonds is 15. The lowest BCUT2D eigenvalue weighted by Gasteiger charge is -2.42. The molecule has 0 aliphatic rings. The van der Waals surface area contributed by atoms with Gasteiger partial charge in [0.25, 0.3) is 20.2 Å². The van der Waals surface area contributed by atoms with Crippen LogP contribution >= 0.6 is 0 Å². The fraction of sp³-hybridized carbons (Fsp3) is 0.312. The van der Waals surface area contributed by atoms with Crippen molar-refractivity contribution in [3.8, 4) is 45.5 Å². The van der Waals surface area contributed by atoms with Crippen LogP contribution in [0.3, 0.4) is 0 Å². The molecule has 2 aromatic heterocycles. The topological polar surface area (TPSA) is 156 Å². The van der Waals surface area contributed by atoms with E-state index in [9.17, 15) is 16.8 Å². The minimum absolute atomic E-state index is 0.269. The number of aromatic nitrogens is 2. The van der Waals surface area contributed by atoms with Crippen LogP contribution in [0.25, 0.3) is 22.5 Å². The Kier molecular flexibility index (Phi) is 11.0. The fourth-order valence-electron chi connectivity index (χ4n) is 5.04. The molecule has 258 valence electrons. The van der Waals surface area contributed by atoms with Gasteiger partial charge in [-0.1, -0.05) is 12.1 Å². The van der Waals surface area contributed by atoms with Crippen molar-refractivity contribution in [1.82, 2.24) is 9.97 Å². The molecule has 4 aromatic rings. The molecule has 0 N–H and O–H groups in total. The van der Waals surface area contributed by atoms with E-state index in [1.54, 1.807) is 86.8 Å². The van der Waals surface area contributed by atoms with Gasteiger partial charge in [-0.05, 0) is 48.5 Å². The Bertz CT molecular complexity index is 1860. The van der Waals surface area contributed by atoms with Crippen molar-refractivity contribution < 1.29 is 44.1 Å². The van der Waals surface area contributed by atoms with E-state index in [-0.39, 0.29) is 5.69 Å². The molecule has 0 saturated carbocycles. The molecular formula is C32H38N4O10S2. The Balaban J connectivity index is 1.75. The van der Waals surface area contributed by atoms with E-state index in [1.807, 2.05) is 0 Å². The number of anilines is 2. The van der Waals surface area contributed by atoms with Gasteiger partial charge in [0.1, 0.15) is 23.0 Å². The van der Waals surface area contributed by atoms with Gasteiger partial charge >= 0.3 is 5.91 Å². The second kappa shape index (κ2) is 14.6. The molecule has 2 aromatic carbocycles. The lowest BCUT2D eigenvalue weighted by atomic mass is 10.1. The van der Waals surface area contributed by atoms with Crippen LogP contribution in [0.4, 0.5) is 11.4 Å². The number of hydrogen-bond donors (Lipinski definition) is 0. The summed E-state index contributed by atoms with van der Waals surface area (Å²) >= 11 is 0. The molecule has 16 heteroatoms. The first-order chi connectivity index (χ1) is 22.6. The molecule has 0 saturated heterocycles. The summed E-state index contributed by atoms with van der Waals surface area (Å²) in [6, 6.07) is 17.3. The Morgan fingerprint density at radius 1 is 0.604 bits per heavy atom. The van der Waals surface area contributed by atoms with Crippen molar-refractivity contribution in [3.05, 3.63) is 73.1 Å². The van der Waals surface area contributed by atoms with Gasteiger partial charge in [-0.15, -0.1) is 0 Å². The Morgan fingerprint density at radius 3 is 1.29 bits per heavy atom. The highest BCUT2D eigenvalue weighted by atomic mass is 32.2. The maximum atomic E-state index is 12.7. The molecule has 0 bridgehead atoms. The van der Waals surface area contributed by atoms with Crippen LogP contribution in [0, 0.1) is 0 Å². The van der Waals surface area contributed by atoms with Crippen molar-refractivity contribution in [2.24, 2.45) is 0 Å². The van der Waals surface area contributed by atoms with Crippen molar-refractivity contribution in [1.29, 1.82) is 0 Å². The molecule has 4 rings (SSSR count). The lowest BCUT2D eigenvalue weighted by molar-refractivity contribution is -0.0930. The highest BCUT2D eigenvalue weighted by Gasteiger charge is 2.46. The number of likely N-dealkylation sites (N-methyl/N-ethyl adjacent to an activating group) is 2. The molecule has 2 heterocycles. The quantitative estimate of drug-likeness (QED) is 0.129. The third kappa shape index (κ3) is 8.25. The molecule has 0 radical (unpaired) electrons. The Morgan fingerprint density at radius 2 is 0.979 bits per heavy atom. The fourth-order valence-corrected chi connectivity index (χ4v) is 6.43. The molecule has 0 fully saturated rings. The summed E-state index contributed by atoms with van der Waals surface area (Å²) in [4.78, 5) is 11.9. The average Bonchev–Trinajstić information content (AvgIpc) is 3.05. The van der Waals surface area contributed by atoms with Crippen LogP contribution in [0.5, 0.6) is 23.0 Å². The molecule has 0 unspecified atom stereocenters. The number of nitrogens with zero attached hydrogens (tertiary/aromatic N) is 4. The van der Waals surface area contributed by atoms with E-state index >= 15 is 0 Å². The van der Waals surface area contributed by atoms with Gasteiger partial charge in [-0.3, -0.25) is 9.97 Å². The zero-order chi connectivity index (χ0) is 35.3. The van der Waals surface area contributed by atoms with Gasteiger partial charge in [-0.25, -0.2) is 8.37 Å². The minimum Gasteiger partial charge on any atom is -0.496 e. The normalized spacial score (nSPS) is 11.9. The molecule has 48 heavy (non-hydrogen) atoms. The molecule has 0 aliphatic heterocycles. The van der Waals surface area contributed by atoms with Crippen LogP contribution in [-0.2, 0) is 28.6 Å². The molecule has 0 atom stereocenters. The molecule has 14 nitrogen and oxygen atoms in total. The van der Waals surface area contributed by atoms with Gasteiger partial charge in [0.2, 0.25) is 0 Å². The molecular weight excluding hydrogens is 665 g/mol. The van der Waals surface area contributed by atoms with E-state index in [0.717, 1.165) is 12.5 Å². The summed E-state index contributed by atoms with van der Waals surface area (Å²) in [7, 11) is 0.529. The molecule has 0 aliphatic carbocycles. The number of hydrogen-bond acceptors (Lipinski definition) is 14. The van der Waals surface area contributed by atoms with Crippen LogP contribution in [-0.4, -0.2) is 94.3 Å². The van der Waals surface area contributed by atoms with Crippen LogP contribution in [0.1, 0.15) is 0 Å². The van der Waals surface area contributed by atoms with Gasteiger partial charge in [0.05, 0.1) is 93.8 Å². The predicted octanol–water partition coefficient (Wildman–Crippen LogP) is 4.02. The van der Waals surface area contributed by atoms with E-state index in [1.165, 1.54) is 38.6 Å². The van der Waals surface area contributed by atoms with Gasteiger partial charge < -0.3 is 28.7 Å². The van der Waals surface area contributed by atoms with Crippen LogP contribution < -0.4 is 28.7 Å². The van der Waals surface area contributed by atoms with Crippen molar-refractivity contribution in [3.63, 3.8) is 0 Å². The summed E-state index contributed by atoms with van der Waals surface area (Å²) < 4.78 is 83.6. The SMILES string of the molecule is COc1cccc(OC)c1-c1ccc(N(C)CC(OS(C)(=O)=O)(OS(C)(=O)=O)N(C)c2ccc(-c3c(OC)cccc3OC)nc2)cn1. The Hall–Kier alpha value is -4.64. The number of pyridine rings is 2. The first-order valence-corrected chi connectivity index (χ1v) is 17.9. The molecule has 0 amide bonds. The van der Waals surface area contributed by atoms with E-state index in [4.69, 9.17) is 27.3 Å². The number of benzene rings is 2. The second-order valence-corrected chi connectivity index (χ2v) is 13.7. The van der Waals surface area contributed by atoms with Crippen molar-refractivity contribution >= 4 is 31.6 Å². The number of methoxy groups -OCH3 is 4. The highest BCUT2D eigenvalue weighted by molar-refractivity contribution is 7.86. The van der Waals surface area contributed by atoms with Crippen LogP contribution in [0.2, 0.25) is 0 Å².